The van der Waals surface area contributed by atoms with Crippen molar-refractivity contribution in [3.05, 3.63) is 34.9 Å². The lowest BCUT2D eigenvalue weighted by Crippen LogP contribution is -2.33. The highest BCUT2D eigenvalue weighted by molar-refractivity contribution is 5.86. The Balaban J connectivity index is 1.35. The van der Waals surface area contributed by atoms with Crippen LogP contribution < -0.4 is 5.32 Å². The van der Waals surface area contributed by atoms with Crippen LogP contribution in [-0.2, 0) is 31.0 Å². The molecule has 0 saturated heterocycles. The quantitative estimate of drug-likeness (QED) is 0.700. The Hall–Kier alpha value is -2.68. The van der Waals surface area contributed by atoms with Crippen molar-refractivity contribution in [1.82, 2.24) is 30.2 Å². The number of hydrogen-bond donors (Lipinski definition) is 3. The number of aromatic amines is 1. The van der Waals surface area contributed by atoms with Crippen LogP contribution in [0.3, 0.4) is 0 Å². The second-order valence-electron chi connectivity index (χ2n) is 7.34. The Morgan fingerprint density at radius 2 is 2.11 bits per heavy atom. The van der Waals surface area contributed by atoms with Crippen molar-refractivity contribution in [2.45, 2.75) is 51.9 Å². The minimum Gasteiger partial charge on any atom is -0.477 e. The summed E-state index contributed by atoms with van der Waals surface area (Å²) in [6.07, 6.45) is 5.85. The first kappa shape index (κ1) is 17.7. The van der Waals surface area contributed by atoms with Crippen LogP contribution in [0.25, 0.3) is 0 Å². The van der Waals surface area contributed by atoms with Crippen molar-refractivity contribution in [3.63, 3.8) is 0 Å². The van der Waals surface area contributed by atoms with Gasteiger partial charge in [-0.1, -0.05) is 12.8 Å². The molecule has 2 aromatic rings. The monoisotopic (exact) mass is 372 g/mol. The molecule has 3 heterocycles. The van der Waals surface area contributed by atoms with Crippen LogP contribution in [0, 0.1) is 5.92 Å². The maximum atomic E-state index is 12.2. The molecule has 0 atom stereocenters. The van der Waals surface area contributed by atoms with E-state index in [-0.39, 0.29) is 17.5 Å². The SMILES string of the molecule is O=C(O)c1[nH]ncc1CN1CCn2nc(CNC(=O)C3CCCC3)cc2C1. The van der Waals surface area contributed by atoms with E-state index in [4.69, 9.17) is 0 Å². The number of carboxylic acids is 1. The van der Waals surface area contributed by atoms with Gasteiger partial charge in [0.05, 0.1) is 30.7 Å². The number of amides is 1. The van der Waals surface area contributed by atoms with Crippen LogP contribution in [0.15, 0.2) is 12.3 Å². The molecule has 1 aliphatic carbocycles. The summed E-state index contributed by atoms with van der Waals surface area (Å²) in [5.41, 5.74) is 2.77. The van der Waals surface area contributed by atoms with Gasteiger partial charge in [0, 0.05) is 31.1 Å². The van der Waals surface area contributed by atoms with Crippen molar-refractivity contribution in [2.24, 2.45) is 5.92 Å². The number of H-pyrrole nitrogens is 1. The van der Waals surface area contributed by atoms with Crippen LogP contribution in [0.5, 0.6) is 0 Å². The maximum absolute atomic E-state index is 12.2. The number of aromatic carboxylic acids is 1. The number of hydrogen-bond acceptors (Lipinski definition) is 5. The lowest BCUT2D eigenvalue weighted by molar-refractivity contribution is -0.125. The first-order valence-electron chi connectivity index (χ1n) is 9.41. The average molecular weight is 372 g/mol. The van der Waals surface area contributed by atoms with E-state index in [0.717, 1.165) is 50.2 Å². The lowest BCUT2D eigenvalue weighted by Gasteiger charge is -2.27. The molecule has 2 aromatic heterocycles. The molecular formula is C18H24N6O3. The number of carbonyl (C=O) groups is 2. The van der Waals surface area contributed by atoms with E-state index in [9.17, 15) is 14.7 Å². The molecular weight excluding hydrogens is 348 g/mol. The summed E-state index contributed by atoms with van der Waals surface area (Å²) < 4.78 is 1.97. The lowest BCUT2D eigenvalue weighted by atomic mass is 10.1. The van der Waals surface area contributed by atoms with Crippen molar-refractivity contribution in [1.29, 1.82) is 0 Å². The summed E-state index contributed by atoms with van der Waals surface area (Å²) in [7, 11) is 0. The van der Waals surface area contributed by atoms with Crippen molar-refractivity contribution in [2.75, 3.05) is 6.54 Å². The first-order valence-corrected chi connectivity index (χ1v) is 9.41. The van der Waals surface area contributed by atoms with Gasteiger partial charge in [0.2, 0.25) is 5.91 Å². The second-order valence-corrected chi connectivity index (χ2v) is 7.34. The molecule has 1 aliphatic heterocycles. The molecule has 1 fully saturated rings. The van der Waals surface area contributed by atoms with E-state index in [1.165, 1.54) is 0 Å². The Morgan fingerprint density at radius 3 is 2.89 bits per heavy atom. The fourth-order valence-electron chi connectivity index (χ4n) is 3.97. The molecule has 9 nitrogen and oxygen atoms in total. The van der Waals surface area contributed by atoms with E-state index in [1.54, 1.807) is 6.20 Å². The molecule has 0 aromatic carbocycles. The van der Waals surface area contributed by atoms with Crippen LogP contribution in [-0.4, -0.2) is 48.4 Å². The van der Waals surface area contributed by atoms with E-state index in [2.05, 4.69) is 25.5 Å². The van der Waals surface area contributed by atoms with Crippen LogP contribution in [0.2, 0.25) is 0 Å². The number of carboxylic acid groups (broad SMARTS) is 1. The molecule has 1 saturated carbocycles. The summed E-state index contributed by atoms with van der Waals surface area (Å²) in [6.45, 7) is 3.20. The Bertz CT molecular complexity index is 836. The molecule has 0 unspecified atom stereocenters. The summed E-state index contributed by atoms with van der Waals surface area (Å²) in [5, 5.41) is 23.2. The molecule has 0 bridgehead atoms. The molecule has 0 radical (unpaired) electrons. The standard InChI is InChI=1S/C18H24N6O3/c25-17(12-3-1-2-4-12)19-9-14-7-15-11-23(5-6-24(15)22-14)10-13-8-20-21-16(13)18(26)27/h7-8,12H,1-6,9-11H2,(H,19,25)(H,20,21)(H,26,27). The minimum atomic E-state index is -0.996. The summed E-state index contributed by atoms with van der Waals surface area (Å²) in [5.74, 6) is -0.692. The third kappa shape index (κ3) is 3.87. The van der Waals surface area contributed by atoms with Gasteiger partial charge in [-0.05, 0) is 18.9 Å². The number of carbonyl (C=O) groups excluding carboxylic acids is 1. The van der Waals surface area contributed by atoms with E-state index in [0.29, 0.717) is 25.2 Å². The predicted molar refractivity (Wildman–Crippen MR) is 95.7 cm³/mol. The van der Waals surface area contributed by atoms with E-state index < -0.39 is 5.97 Å². The topological polar surface area (TPSA) is 116 Å². The molecule has 144 valence electrons. The fraction of sp³-hybridized carbons (Fsp3) is 0.556. The first-order chi connectivity index (χ1) is 13.1. The normalized spacial score (nSPS) is 17.8. The largest absolute Gasteiger partial charge is 0.477 e. The highest BCUT2D eigenvalue weighted by atomic mass is 16.4. The van der Waals surface area contributed by atoms with Gasteiger partial charge < -0.3 is 10.4 Å². The van der Waals surface area contributed by atoms with Gasteiger partial charge in [0.15, 0.2) is 0 Å². The van der Waals surface area contributed by atoms with Gasteiger partial charge in [-0.2, -0.15) is 10.2 Å². The molecule has 4 rings (SSSR count). The third-order valence-corrected chi connectivity index (χ3v) is 5.42. The fourth-order valence-corrected chi connectivity index (χ4v) is 3.97. The van der Waals surface area contributed by atoms with E-state index >= 15 is 0 Å². The smallest absolute Gasteiger partial charge is 0.354 e. The summed E-state index contributed by atoms with van der Waals surface area (Å²) in [6, 6.07) is 2.02. The zero-order valence-electron chi connectivity index (χ0n) is 15.1. The zero-order chi connectivity index (χ0) is 18.8. The van der Waals surface area contributed by atoms with Gasteiger partial charge >= 0.3 is 5.97 Å². The minimum absolute atomic E-state index is 0.140. The van der Waals surface area contributed by atoms with Crippen LogP contribution >= 0.6 is 0 Å². The Morgan fingerprint density at radius 1 is 1.30 bits per heavy atom. The van der Waals surface area contributed by atoms with Gasteiger partial charge in [0.25, 0.3) is 0 Å². The molecule has 1 amide bonds. The van der Waals surface area contributed by atoms with Gasteiger partial charge in [0.1, 0.15) is 5.69 Å². The van der Waals surface area contributed by atoms with E-state index in [1.807, 2.05) is 10.7 Å². The highest BCUT2D eigenvalue weighted by Crippen LogP contribution is 2.24. The zero-order valence-corrected chi connectivity index (χ0v) is 15.1. The van der Waals surface area contributed by atoms with Crippen LogP contribution in [0.4, 0.5) is 0 Å². The number of nitrogens with zero attached hydrogens (tertiary/aromatic N) is 4. The Labute approximate surface area is 156 Å². The second kappa shape index (κ2) is 7.51. The summed E-state index contributed by atoms with van der Waals surface area (Å²) >= 11 is 0. The van der Waals surface area contributed by atoms with Crippen LogP contribution in [0.1, 0.15) is 53.1 Å². The molecule has 3 N–H and O–H groups in total. The van der Waals surface area contributed by atoms with Gasteiger partial charge in [-0.25, -0.2) is 4.79 Å². The maximum Gasteiger partial charge on any atom is 0.354 e. The molecule has 9 heteroatoms. The molecule has 2 aliphatic rings. The van der Waals surface area contributed by atoms with Gasteiger partial charge in [-0.15, -0.1) is 0 Å². The summed E-state index contributed by atoms with van der Waals surface area (Å²) in [4.78, 5) is 25.6. The molecule has 0 spiro atoms. The van der Waals surface area contributed by atoms with Crippen molar-refractivity contribution < 1.29 is 14.7 Å². The number of nitrogens with one attached hydrogen (secondary N) is 2. The molecule has 27 heavy (non-hydrogen) atoms. The predicted octanol–water partition coefficient (Wildman–Crippen LogP) is 1.13. The van der Waals surface area contributed by atoms with Gasteiger partial charge in [-0.3, -0.25) is 19.5 Å². The highest BCUT2D eigenvalue weighted by Gasteiger charge is 2.24. The van der Waals surface area contributed by atoms with Crippen molar-refractivity contribution >= 4 is 11.9 Å². The third-order valence-electron chi connectivity index (χ3n) is 5.42. The average Bonchev–Trinajstić information content (AvgIpc) is 3.39. The van der Waals surface area contributed by atoms with Crippen molar-refractivity contribution in [3.8, 4) is 0 Å². The number of fused-ring (bicyclic) bond motifs is 1. The number of aromatic nitrogens is 4. The number of rotatable bonds is 6. The Kier molecular flexibility index (Phi) is 4.93.